The van der Waals surface area contributed by atoms with Crippen LogP contribution in [0.25, 0.3) is 0 Å². The minimum absolute atomic E-state index is 0.643. The Labute approximate surface area is 91.2 Å². The Morgan fingerprint density at radius 1 is 1.29 bits per heavy atom. The summed E-state index contributed by atoms with van der Waals surface area (Å²) in [6.45, 7) is 6.63. The average Bonchev–Trinajstić information content (AvgIpc) is 2.63. The Balaban J connectivity index is 2.01. The van der Waals surface area contributed by atoms with Crippen molar-refractivity contribution in [2.45, 2.75) is 50.8 Å². The summed E-state index contributed by atoms with van der Waals surface area (Å²) in [5.74, 6) is 0. The normalized spacial score (nSPS) is 31.1. The highest BCUT2D eigenvalue weighted by molar-refractivity contribution is 8.14. The molecule has 1 saturated carbocycles. The molecule has 0 saturated heterocycles. The molecule has 0 bridgehead atoms. The second-order valence-corrected chi connectivity index (χ2v) is 5.30. The van der Waals surface area contributed by atoms with E-state index in [0.29, 0.717) is 6.04 Å². The fourth-order valence-corrected chi connectivity index (χ4v) is 3.83. The zero-order valence-electron chi connectivity index (χ0n) is 9.20. The molecule has 80 valence electrons. The molecule has 0 amide bonds. The molecule has 0 N–H and O–H groups in total. The van der Waals surface area contributed by atoms with Crippen LogP contribution < -0.4 is 0 Å². The van der Waals surface area contributed by atoms with E-state index in [9.17, 15) is 0 Å². The standard InChI is InChI=1S/C11H20N2S/c1-3-13(4-2)11-12-9-7-5-6-8-10(9)14-11/h9-10H,3-8H2,1-2H3/t9-,10+/m0/s1. The van der Waals surface area contributed by atoms with Gasteiger partial charge in [-0.3, -0.25) is 4.99 Å². The number of amidine groups is 1. The Kier molecular flexibility index (Phi) is 3.37. The highest BCUT2D eigenvalue weighted by Crippen LogP contribution is 2.37. The zero-order chi connectivity index (χ0) is 9.97. The summed E-state index contributed by atoms with van der Waals surface area (Å²) in [6, 6.07) is 0.643. The molecule has 0 unspecified atom stereocenters. The lowest BCUT2D eigenvalue weighted by Gasteiger charge is -2.22. The molecule has 2 nitrogen and oxygen atoms in total. The monoisotopic (exact) mass is 212 g/mol. The fraction of sp³-hybridized carbons (Fsp3) is 0.909. The molecule has 0 aromatic heterocycles. The van der Waals surface area contributed by atoms with Gasteiger partial charge >= 0.3 is 0 Å². The van der Waals surface area contributed by atoms with Crippen molar-refractivity contribution in [2.75, 3.05) is 13.1 Å². The number of fused-ring (bicyclic) bond motifs is 1. The lowest BCUT2D eigenvalue weighted by atomic mass is 9.96. The summed E-state index contributed by atoms with van der Waals surface area (Å²) in [7, 11) is 0. The van der Waals surface area contributed by atoms with Crippen LogP contribution in [0.15, 0.2) is 4.99 Å². The van der Waals surface area contributed by atoms with Crippen molar-refractivity contribution in [2.24, 2.45) is 4.99 Å². The number of nitrogens with zero attached hydrogens (tertiary/aromatic N) is 2. The van der Waals surface area contributed by atoms with Crippen LogP contribution in [0.4, 0.5) is 0 Å². The van der Waals surface area contributed by atoms with Crippen LogP contribution in [-0.4, -0.2) is 34.4 Å². The number of thioether (sulfide) groups is 1. The van der Waals surface area contributed by atoms with Crippen LogP contribution in [0.3, 0.4) is 0 Å². The van der Waals surface area contributed by atoms with Crippen LogP contribution >= 0.6 is 11.8 Å². The van der Waals surface area contributed by atoms with Gasteiger partial charge in [0.15, 0.2) is 5.17 Å². The lowest BCUT2D eigenvalue weighted by molar-refractivity contribution is 0.448. The van der Waals surface area contributed by atoms with Crippen molar-refractivity contribution in [3.8, 4) is 0 Å². The van der Waals surface area contributed by atoms with Gasteiger partial charge in [0.05, 0.1) is 6.04 Å². The average molecular weight is 212 g/mol. The second-order valence-electron chi connectivity index (χ2n) is 4.09. The van der Waals surface area contributed by atoms with Gasteiger partial charge in [0, 0.05) is 18.3 Å². The van der Waals surface area contributed by atoms with E-state index in [1.165, 1.54) is 30.9 Å². The van der Waals surface area contributed by atoms with E-state index < -0.39 is 0 Å². The molecule has 1 fully saturated rings. The molecular weight excluding hydrogens is 192 g/mol. The maximum absolute atomic E-state index is 4.86. The molecule has 0 radical (unpaired) electrons. The second kappa shape index (κ2) is 4.56. The van der Waals surface area contributed by atoms with Crippen LogP contribution in [0.5, 0.6) is 0 Å². The van der Waals surface area contributed by atoms with E-state index in [1.54, 1.807) is 0 Å². The van der Waals surface area contributed by atoms with Gasteiger partial charge in [0.25, 0.3) is 0 Å². The van der Waals surface area contributed by atoms with E-state index in [2.05, 4.69) is 18.7 Å². The quantitative estimate of drug-likeness (QED) is 0.699. The first kappa shape index (κ1) is 10.3. The molecule has 1 aliphatic heterocycles. The number of hydrogen-bond acceptors (Lipinski definition) is 3. The summed E-state index contributed by atoms with van der Waals surface area (Å²) < 4.78 is 0. The van der Waals surface area contributed by atoms with Crippen molar-refractivity contribution in [3.63, 3.8) is 0 Å². The first-order valence-electron chi connectivity index (χ1n) is 5.84. The summed E-state index contributed by atoms with van der Waals surface area (Å²) in [5.41, 5.74) is 0. The first-order valence-corrected chi connectivity index (χ1v) is 6.72. The third-order valence-corrected chi connectivity index (χ3v) is 4.66. The van der Waals surface area contributed by atoms with Gasteiger partial charge in [-0.1, -0.05) is 24.6 Å². The van der Waals surface area contributed by atoms with Crippen molar-refractivity contribution < 1.29 is 0 Å². The van der Waals surface area contributed by atoms with Crippen molar-refractivity contribution >= 4 is 16.9 Å². The van der Waals surface area contributed by atoms with Gasteiger partial charge in [-0.25, -0.2) is 0 Å². The van der Waals surface area contributed by atoms with Crippen LogP contribution in [-0.2, 0) is 0 Å². The van der Waals surface area contributed by atoms with Crippen LogP contribution in [0.1, 0.15) is 39.5 Å². The van der Waals surface area contributed by atoms with Crippen molar-refractivity contribution in [1.29, 1.82) is 0 Å². The number of rotatable bonds is 2. The summed E-state index contributed by atoms with van der Waals surface area (Å²) >= 11 is 2.03. The minimum Gasteiger partial charge on any atom is -0.352 e. The molecule has 2 aliphatic rings. The van der Waals surface area contributed by atoms with Crippen molar-refractivity contribution in [3.05, 3.63) is 0 Å². The maximum atomic E-state index is 4.86. The lowest BCUT2D eigenvalue weighted by Crippen LogP contribution is -2.27. The van der Waals surface area contributed by atoms with E-state index in [4.69, 9.17) is 4.99 Å². The summed E-state index contributed by atoms with van der Waals surface area (Å²) in [5, 5.41) is 2.12. The van der Waals surface area contributed by atoms with Gasteiger partial charge in [-0.05, 0) is 26.7 Å². The minimum atomic E-state index is 0.643. The van der Waals surface area contributed by atoms with Gasteiger partial charge in [0.2, 0.25) is 0 Å². The van der Waals surface area contributed by atoms with E-state index in [-0.39, 0.29) is 0 Å². The Morgan fingerprint density at radius 2 is 2.00 bits per heavy atom. The Bertz CT molecular complexity index is 223. The third kappa shape index (κ3) is 1.92. The van der Waals surface area contributed by atoms with Gasteiger partial charge in [-0.15, -0.1) is 0 Å². The molecule has 2 rings (SSSR count). The van der Waals surface area contributed by atoms with Crippen LogP contribution in [0, 0.1) is 0 Å². The number of aliphatic imine (C=N–C) groups is 1. The largest absolute Gasteiger partial charge is 0.352 e. The molecule has 0 aromatic carbocycles. The molecule has 0 spiro atoms. The molecular formula is C11H20N2S. The molecule has 0 aromatic rings. The highest BCUT2D eigenvalue weighted by atomic mass is 32.2. The summed E-state index contributed by atoms with van der Waals surface area (Å²) in [6.07, 6.45) is 5.50. The van der Waals surface area contributed by atoms with Crippen LogP contribution in [0.2, 0.25) is 0 Å². The maximum Gasteiger partial charge on any atom is 0.159 e. The number of hydrogen-bond donors (Lipinski definition) is 0. The molecule has 1 heterocycles. The molecule has 3 heteroatoms. The zero-order valence-corrected chi connectivity index (χ0v) is 10.0. The predicted octanol–water partition coefficient (Wildman–Crippen LogP) is 2.74. The predicted molar refractivity (Wildman–Crippen MR) is 64.0 cm³/mol. The van der Waals surface area contributed by atoms with E-state index >= 15 is 0 Å². The Morgan fingerprint density at radius 3 is 2.64 bits per heavy atom. The topological polar surface area (TPSA) is 15.6 Å². The van der Waals surface area contributed by atoms with Gasteiger partial charge in [-0.2, -0.15) is 0 Å². The van der Waals surface area contributed by atoms with Gasteiger partial charge < -0.3 is 4.90 Å². The van der Waals surface area contributed by atoms with E-state index in [1.807, 2.05) is 11.8 Å². The highest BCUT2D eigenvalue weighted by Gasteiger charge is 2.33. The first-order chi connectivity index (χ1) is 6.85. The SMILES string of the molecule is CCN(CC)C1=N[C@H]2CCCC[C@H]2S1. The summed E-state index contributed by atoms with van der Waals surface area (Å²) in [4.78, 5) is 7.25. The smallest absolute Gasteiger partial charge is 0.159 e. The molecule has 1 aliphatic carbocycles. The fourth-order valence-electron chi connectivity index (χ4n) is 2.32. The van der Waals surface area contributed by atoms with Gasteiger partial charge in [0.1, 0.15) is 0 Å². The molecule has 2 atom stereocenters. The third-order valence-electron chi connectivity index (χ3n) is 3.23. The van der Waals surface area contributed by atoms with E-state index in [0.717, 1.165) is 18.3 Å². The Hall–Kier alpha value is -0.180. The van der Waals surface area contributed by atoms with Crippen molar-refractivity contribution in [1.82, 2.24) is 4.90 Å². The molecule has 14 heavy (non-hydrogen) atoms.